The Bertz CT molecular complexity index is 912. The van der Waals surface area contributed by atoms with Crippen molar-refractivity contribution in [1.82, 2.24) is 9.80 Å². The Hall–Kier alpha value is -2.18. The zero-order valence-corrected chi connectivity index (χ0v) is 17.4. The first-order valence-electron chi connectivity index (χ1n) is 9.71. The third-order valence-electron chi connectivity index (χ3n) is 5.26. The number of carbonyl (C=O) groups excluding carboxylic acids is 1. The first kappa shape index (κ1) is 20.6. The van der Waals surface area contributed by atoms with Gasteiger partial charge in [0.05, 0.1) is 18.1 Å². The summed E-state index contributed by atoms with van der Waals surface area (Å²) < 4.78 is 23.5. The Labute approximate surface area is 167 Å². The summed E-state index contributed by atoms with van der Waals surface area (Å²) in [5, 5.41) is 0. The standard InChI is InChI=1S/C22H28N2O3S/c1-3-24(20-13-14-28(26,27)17-20)22(25)16-23(2)15-19-11-7-8-12-21(19)18-9-5-4-6-10-18/h4-12,20H,3,13-17H2,1-2H3. The Kier molecular flexibility index (Phi) is 6.52. The molecule has 0 aromatic heterocycles. The van der Waals surface area contributed by atoms with E-state index in [2.05, 4.69) is 24.3 Å². The second-order valence-corrected chi connectivity index (χ2v) is 9.66. The number of benzene rings is 2. The number of hydrogen-bond donors (Lipinski definition) is 0. The SMILES string of the molecule is CCN(C(=O)CN(C)Cc1ccccc1-c1ccccc1)C1CCS(=O)(=O)C1. The van der Waals surface area contributed by atoms with Crippen LogP contribution in [0.15, 0.2) is 54.6 Å². The Morgan fingerprint density at radius 3 is 2.39 bits per heavy atom. The number of hydrogen-bond acceptors (Lipinski definition) is 4. The van der Waals surface area contributed by atoms with E-state index in [9.17, 15) is 13.2 Å². The van der Waals surface area contributed by atoms with Crippen LogP contribution in [0, 0.1) is 0 Å². The maximum absolute atomic E-state index is 12.8. The van der Waals surface area contributed by atoms with Gasteiger partial charge in [0.1, 0.15) is 0 Å². The van der Waals surface area contributed by atoms with Crippen molar-refractivity contribution in [2.24, 2.45) is 0 Å². The first-order valence-corrected chi connectivity index (χ1v) is 11.5. The molecule has 0 radical (unpaired) electrons. The van der Waals surface area contributed by atoms with Crippen molar-refractivity contribution in [3.63, 3.8) is 0 Å². The number of likely N-dealkylation sites (N-methyl/N-ethyl adjacent to an activating group) is 2. The van der Waals surface area contributed by atoms with Crippen LogP contribution in [0.5, 0.6) is 0 Å². The minimum absolute atomic E-state index is 0.00991. The molecular formula is C22H28N2O3S. The van der Waals surface area contributed by atoms with E-state index >= 15 is 0 Å². The zero-order valence-electron chi connectivity index (χ0n) is 16.5. The van der Waals surface area contributed by atoms with Crippen LogP contribution in [0.1, 0.15) is 18.9 Å². The van der Waals surface area contributed by atoms with Crippen LogP contribution in [0.2, 0.25) is 0 Å². The molecule has 1 aliphatic rings. The van der Waals surface area contributed by atoms with Crippen molar-refractivity contribution in [3.8, 4) is 11.1 Å². The summed E-state index contributed by atoms with van der Waals surface area (Å²) in [6.07, 6.45) is 0.544. The molecule has 1 unspecified atom stereocenters. The van der Waals surface area contributed by atoms with Crippen molar-refractivity contribution in [2.75, 3.05) is 31.6 Å². The average Bonchev–Trinajstić information content (AvgIpc) is 3.03. The van der Waals surface area contributed by atoms with Gasteiger partial charge in [-0.25, -0.2) is 8.42 Å². The van der Waals surface area contributed by atoms with Gasteiger partial charge >= 0.3 is 0 Å². The van der Waals surface area contributed by atoms with E-state index in [1.165, 1.54) is 0 Å². The maximum atomic E-state index is 12.8. The van der Waals surface area contributed by atoms with Crippen LogP contribution in [-0.4, -0.2) is 61.8 Å². The predicted octanol–water partition coefficient (Wildman–Crippen LogP) is 2.82. The van der Waals surface area contributed by atoms with Gasteiger partial charge in [0.2, 0.25) is 5.91 Å². The summed E-state index contributed by atoms with van der Waals surface area (Å²) >= 11 is 0. The van der Waals surface area contributed by atoms with Crippen molar-refractivity contribution in [2.45, 2.75) is 25.9 Å². The molecule has 1 saturated heterocycles. The fourth-order valence-corrected chi connectivity index (χ4v) is 5.62. The summed E-state index contributed by atoms with van der Waals surface area (Å²) in [7, 11) is -1.08. The van der Waals surface area contributed by atoms with E-state index in [1.54, 1.807) is 4.90 Å². The molecule has 1 aliphatic heterocycles. The van der Waals surface area contributed by atoms with Crippen molar-refractivity contribution < 1.29 is 13.2 Å². The van der Waals surface area contributed by atoms with Crippen molar-refractivity contribution >= 4 is 15.7 Å². The molecule has 3 rings (SSSR count). The first-order chi connectivity index (χ1) is 13.4. The molecule has 28 heavy (non-hydrogen) atoms. The lowest BCUT2D eigenvalue weighted by atomic mass is 9.99. The van der Waals surface area contributed by atoms with Crippen LogP contribution >= 0.6 is 0 Å². The van der Waals surface area contributed by atoms with Gasteiger partial charge < -0.3 is 4.90 Å². The molecular weight excluding hydrogens is 372 g/mol. The van der Waals surface area contributed by atoms with E-state index in [4.69, 9.17) is 0 Å². The molecule has 0 spiro atoms. The van der Waals surface area contributed by atoms with Gasteiger partial charge in [-0.15, -0.1) is 0 Å². The van der Waals surface area contributed by atoms with Crippen LogP contribution < -0.4 is 0 Å². The highest BCUT2D eigenvalue weighted by atomic mass is 32.2. The van der Waals surface area contributed by atoms with Gasteiger partial charge in [0.25, 0.3) is 0 Å². The smallest absolute Gasteiger partial charge is 0.237 e. The topological polar surface area (TPSA) is 57.7 Å². The molecule has 6 heteroatoms. The quantitative estimate of drug-likeness (QED) is 0.717. The van der Waals surface area contributed by atoms with E-state index in [0.29, 0.717) is 19.5 Å². The number of rotatable bonds is 7. The summed E-state index contributed by atoms with van der Waals surface area (Å²) in [5.74, 6) is 0.263. The molecule has 2 aromatic carbocycles. The molecule has 0 bridgehead atoms. The third-order valence-corrected chi connectivity index (χ3v) is 7.01. The normalized spacial score (nSPS) is 18.3. The summed E-state index contributed by atoms with van der Waals surface area (Å²) in [6.45, 7) is 3.37. The summed E-state index contributed by atoms with van der Waals surface area (Å²) in [6, 6.07) is 18.3. The van der Waals surface area contributed by atoms with Gasteiger partial charge in [-0.2, -0.15) is 0 Å². The number of carbonyl (C=O) groups is 1. The maximum Gasteiger partial charge on any atom is 0.237 e. The average molecular weight is 401 g/mol. The molecule has 0 N–H and O–H groups in total. The largest absolute Gasteiger partial charge is 0.338 e. The lowest BCUT2D eigenvalue weighted by Crippen LogP contribution is -2.45. The van der Waals surface area contributed by atoms with E-state index in [-0.39, 0.29) is 30.0 Å². The molecule has 150 valence electrons. The fourth-order valence-electron chi connectivity index (χ4n) is 3.89. The van der Waals surface area contributed by atoms with Gasteiger partial charge in [-0.05, 0) is 37.1 Å². The minimum Gasteiger partial charge on any atom is -0.338 e. The van der Waals surface area contributed by atoms with Gasteiger partial charge in [0, 0.05) is 19.1 Å². The highest BCUT2D eigenvalue weighted by molar-refractivity contribution is 7.91. The molecule has 1 amide bonds. The van der Waals surface area contributed by atoms with Crippen LogP contribution in [0.25, 0.3) is 11.1 Å². The lowest BCUT2D eigenvalue weighted by Gasteiger charge is -2.29. The monoisotopic (exact) mass is 400 g/mol. The van der Waals surface area contributed by atoms with Gasteiger partial charge in [-0.1, -0.05) is 54.6 Å². The number of amides is 1. The van der Waals surface area contributed by atoms with E-state index in [0.717, 1.165) is 16.7 Å². The third kappa shape index (κ3) is 5.00. The van der Waals surface area contributed by atoms with Crippen LogP contribution in [0.3, 0.4) is 0 Å². The molecule has 1 heterocycles. The van der Waals surface area contributed by atoms with Crippen molar-refractivity contribution in [1.29, 1.82) is 0 Å². The highest BCUT2D eigenvalue weighted by Crippen LogP contribution is 2.24. The Balaban J connectivity index is 1.67. The molecule has 5 nitrogen and oxygen atoms in total. The number of nitrogens with zero attached hydrogens (tertiary/aromatic N) is 2. The Morgan fingerprint density at radius 1 is 1.07 bits per heavy atom. The highest BCUT2D eigenvalue weighted by Gasteiger charge is 2.34. The van der Waals surface area contributed by atoms with E-state index < -0.39 is 9.84 Å². The zero-order chi connectivity index (χ0) is 20.1. The van der Waals surface area contributed by atoms with Crippen molar-refractivity contribution in [3.05, 3.63) is 60.2 Å². The fraction of sp³-hybridized carbons (Fsp3) is 0.409. The summed E-state index contributed by atoms with van der Waals surface area (Å²) in [5.41, 5.74) is 3.48. The summed E-state index contributed by atoms with van der Waals surface area (Å²) in [4.78, 5) is 16.5. The number of sulfone groups is 1. The van der Waals surface area contributed by atoms with Crippen LogP contribution in [0.4, 0.5) is 0 Å². The molecule has 0 aliphatic carbocycles. The molecule has 2 aromatic rings. The van der Waals surface area contributed by atoms with Gasteiger partial charge in [0.15, 0.2) is 9.84 Å². The predicted molar refractivity (Wildman–Crippen MR) is 113 cm³/mol. The molecule has 0 saturated carbocycles. The molecule has 1 fully saturated rings. The second-order valence-electron chi connectivity index (χ2n) is 7.43. The second kappa shape index (κ2) is 8.88. The van der Waals surface area contributed by atoms with Crippen LogP contribution in [-0.2, 0) is 21.2 Å². The van der Waals surface area contributed by atoms with Gasteiger partial charge in [-0.3, -0.25) is 9.69 Å². The Morgan fingerprint density at radius 2 is 1.75 bits per heavy atom. The molecule has 1 atom stereocenters. The lowest BCUT2D eigenvalue weighted by molar-refractivity contribution is -0.133. The van der Waals surface area contributed by atoms with E-state index in [1.807, 2.05) is 49.2 Å². The minimum atomic E-state index is -3.00.